The minimum Gasteiger partial charge on any atom is -0.356 e. The van der Waals surface area contributed by atoms with E-state index in [1.54, 1.807) is 6.92 Å². The summed E-state index contributed by atoms with van der Waals surface area (Å²) in [6.07, 6.45) is 7.23. The molecule has 3 amide bonds. The molecule has 2 unspecified atom stereocenters. The Bertz CT molecular complexity index is 953. The van der Waals surface area contributed by atoms with Gasteiger partial charge in [-0.15, -0.1) is 13.0 Å². The summed E-state index contributed by atoms with van der Waals surface area (Å²) in [5, 5.41) is 19.0. The molecule has 0 heterocycles. The molecule has 0 aliphatic heterocycles. The Morgan fingerprint density at radius 1 is 0.854 bits per heavy atom. The van der Waals surface area contributed by atoms with Crippen LogP contribution in [0.3, 0.4) is 0 Å². The summed E-state index contributed by atoms with van der Waals surface area (Å²) in [5.41, 5.74) is -2.36. The molecule has 0 rings (SSSR count). The maximum atomic E-state index is 13.8. The van der Waals surface area contributed by atoms with E-state index in [1.807, 2.05) is 69.2 Å². The van der Waals surface area contributed by atoms with Crippen LogP contribution in [0.1, 0.15) is 108 Å². The van der Waals surface area contributed by atoms with Gasteiger partial charge in [0.25, 0.3) is 0 Å². The Hall–Kier alpha value is -2.29. The van der Waals surface area contributed by atoms with E-state index in [0.717, 1.165) is 5.57 Å². The molecule has 0 aliphatic rings. The maximum absolute atomic E-state index is 13.8. The van der Waals surface area contributed by atoms with Crippen molar-refractivity contribution in [3.63, 3.8) is 0 Å². The summed E-state index contributed by atoms with van der Waals surface area (Å²) in [6.45, 7) is 29.9. The summed E-state index contributed by atoms with van der Waals surface area (Å²) < 4.78 is 0. The predicted molar refractivity (Wildman–Crippen MR) is 166 cm³/mol. The number of nitriles is 1. The second kappa shape index (κ2) is 18.3. The monoisotopic (exact) mass is 616 g/mol. The fourth-order valence-corrected chi connectivity index (χ4v) is 4.94. The molecule has 0 aromatic carbocycles. The number of nitrogens with zero attached hydrogens (tertiary/aromatic N) is 1. The van der Waals surface area contributed by atoms with Crippen LogP contribution in [0, 0.1) is 57.7 Å². The molecule has 1 radical (unpaired) electrons. The van der Waals surface area contributed by atoms with Crippen LogP contribution in [0.5, 0.6) is 0 Å². The zero-order valence-electron chi connectivity index (χ0n) is 27.7. The molecular weight excluding hydrogens is 559 g/mol. The second-order valence-corrected chi connectivity index (χ2v) is 13.3. The van der Waals surface area contributed by atoms with Gasteiger partial charge in [-0.25, -0.2) is 0 Å². The van der Waals surface area contributed by atoms with Gasteiger partial charge in [0.2, 0.25) is 17.7 Å². The van der Waals surface area contributed by atoms with Gasteiger partial charge in [0, 0.05) is 42.7 Å². The van der Waals surface area contributed by atoms with Crippen molar-refractivity contribution >= 4 is 17.7 Å². The average molecular weight is 617 g/mol. The zero-order chi connectivity index (χ0) is 32.0. The Morgan fingerprint density at radius 3 is 1.80 bits per heavy atom. The van der Waals surface area contributed by atoms with Crippen LogP contribution in [0.4, 0.5) is 0 Å². The molecule has 0 bridgehead atoms. The van der Waals surface area contributed by atoms with E-state index in [-0.39, 0.29) is 52.9 Å². The molecule has 8 heteroatoms. The number of allylic oxidation sites excluding steroid dienone is 1. The van der Waals surface area contributed by atoms with Crippen molar-refractivity contribution in [2.75, 3.05) is 19.6 Å². The van der Waals surface area contributed by atoms with Gasteiger partial charge < -0.3 is 22.9 Å². The summed E-state index contributed by atoms with van der Waals surface area (Å²) in [5.74, 6) is 2.07. The van der Waals surface area contributed by atoms with Crippen LogP contribution >= 0.6 is 0 Å². The van der Waals surface area contributed by atoms with E-state index in [4.69, 9.17) is 6.42 Å². The van der Waals surface area contributed by atoms with Gasteiger partial charge >= 0.3 is 0 Å². The molecule has 0 saturated heterocycles. The third-order valence-electron chi connectivity index (χ3n) is 8.62. The fourth-order valence-electron chi connectivity index (χ4n) is 4.94. The first-order chi connectivity index (χ1) is 18.2. The van der Waals surface area contributed by atoms with Crippen molar-refractivity contribution in [3.8, 4) is 18.4 Å². The summed E-state index contributed by atoms with van der Waals surface area (Å²) >= 11 is 0. The van der Waals surface area contributed by atoms with Gasteiger partial charge in [0.1, 0.15) is 0 Å². The molecule has 0 aromatic heterocycles. The smallest absolute Gasteiger partial charge is 0.226 e. The summed E-state index contributed by atoms with van der Waals surface area (Å²) in [4.78, 5) is 38.1. The van der Waals surface area contributed by atoms with E-state index in [0.29, 0.717) is 38.8 Å². The van der Waals surface area contributed by atoms with Crippen molar-refractivity contribution in [3.05, 3.63) is 19.1 Å². The molecule has 0 aliphatic carbocycles. The number of rotatable bonds is 15. The molecule has 0 fully saturated rings. The van der Waals surface area contributed by atoms with Crippen LogP contribution in [-0.2, 0) is 31.2 Å². The summed E-state index contributed by atoms with van der Waals surface area (Å²) in [7, 11) is 0. The van der Waals surface area contributed by atoms with Crippen molar-refractivity contribution in [2.45, 2.75) is 108 Å². The number of carbonyl (C=O) groups excluding carboxylic acids is 3. The third-order valence-corrected chi connectivity index (χ3v) is 8.62. The molecule has 3 N–H and O–H groups in total. The first-order valence-corrected chi connectivity index (χ1v) is 14.2. The first-order valence-electron chi connectivity index (χ1n) is 14.2. The molecule has 0 saturated carbocycles. The quantitative estimate of drug-likeness (QED) is 0.0912. The van der Waals surface area contributed by atoms with Crippen molar-refractivity contribution in [2.24, 2.45) is 27.1 Å². The van der Waals surface area contributed by atoms with Gasteiger partial charge in [-0.05, 0) is 56.3 Å². The van der Waals surface area contributed by atoms with Gasteiger partial charge in [-0.1, -0.05) is 60.0 Å². The van der Waals surface area contributed by atoms with Gasteiger partial charge in [-0.3, -0.25) is 14.4 Å². The number of nitrogens with one attached hydrogen (secondary N) is 3. The van der Waals surface area contributed by atoms with Gasteiger partial charge in [0.15, 0.2) is 0 Å². The molecular formula is C33H57CoN4O3-. The number of hydrogen-bond donors (Lipinski definition) is 3. The molecule has 0 aromatic rings. The predicted octanol–water partition coefficient (Wildman–Crippen LogP) is 5.97. The topological polar surface area (TPSA) is 111 Å². The number of amides is 3. The molecule has 237 valence electrons. The zero-order valence-corrected chi connectivity index (χ0v) is 28.7. The van der Waals surface area contributed by atoms with Crippen molar-refractivity contribution in [1.82, 2.24) is 16.0 Å². The fraction of sp³-hybridized carbons (Fsp3) is 0.727. The van der Waals surface area contributed by atoms with Gasteiger partial charge in [-0.2, -0.15) is 12.2 Å². The molecule has 0 spiro atoms. The van der Waals surface area contributed by atoms with Crippen molar-refractivity contribution < 1.29 is 31.2 Å². The Balaban J connectivity index is -0.00000470. The van der Waals surface area contributed by atoms with Crippen LogP contribution in [0.25, 0.3) is 0 Å². The van der Waals surface area contributed by atoms with E-state index >= 15 is 0 Å². The standard InChI is InChI=1S/C31H52N4O3.C2H5.Co/c1-13-17-33-24(36)15-16-30(11,22-32)28(7,8)29(9,10)31(12,20-23(2)3)26(38)35-19-14-18-34-25(37)21-27(4,5)6;1-2;/h1H,2,14-21H2,3-12H3,(H,33,36)(H,34,37)(H,35,38);1H2,2H3;/q;-1;. The minimum atomic E-state index is -0.905. The van der Waals surface area contributed by atoms with Crippen molar-refractivity contribution in [1.29, 1.82) is 5.26 Å². The average Bonchev–Trinajstić information content (AvgIpc) is 2.84. The molecule has 41 heavy (non-hydrogen) atoms. The Morgan fingerprint density at radius 2 is 1.37 bits per heavy atom. The number of hydrogen-bond acceptors (Lipinski definition) is 4. The van der Waals surface area contributed by atoms with E-state index in [1.165, 1.54) is 0 Å². The largest absolute Gasteiger partial charge is 0.356 e. The third kappa shape index (κ3) is 12.6. The van der Waals surface area contributed by atoms with Crippen LogP contribution < -0.4 is 16.0 Å². The Labute approximate surface area is 262 Å². The van der Waals surface area contributed by atoms with E-state index in [9.17, 15) is 19.6 Å². The van der Waals surface area contributed by atoms with E-state index < -0.39 is 21.7 Å². The molecule has 7 nitrogen and oxygen atoms in total. The normalized spacial score (nSPS) is 14.2. The Kier molecular flexibility index (Phi) is 19.3. The van der Waals surface area contributed by atoms with E-state index in [2.05, 4.69) is 41.4 Å². The number of carbonyl (C=O) groups is 3. The maximum Gasteiger partial charge on any atom is 0.226 e. The second-order valence-electron chi connectivity index (χ2n) is 13.3. The van der Waals surface area contributed by atoms with Gasteiger partial charge in [0.05, 0.1) is 23.4 Å². The number of terminal acetylenes is 1. The SMILES string of the molecule is C#CCNC(=O)CCC(C)(C#N)C(C)(C)C(C)(C)C(C)(CC(=C)C)C(=O)NCCCNC(=O)CC(C)(C)C.[CH2-]C.[Co]. The molecule has 2 atom stereocenters. The first kappa shape index (κ1) is 43.2. The van der Waals surface area contributed by atoms with Crippen LogP contribution in [0.2, 0.25) is 0 Å². The summed E-state index contributed by atoms with van der Waals surface area (Å²) in [6, 6.07) is 2.47. The van der Waals surface area contributed by atoms with Crippen LogP contribution in [-0.4, -0.2) is 37.4 Å². The van der Waals surface area contributed by atoms with Crippen LogP contribution in [0.15, 0.2) is 12.2 Å². The minimum absolute atomic E-state index is 0.